The van der Waals surface area contributed by atoms with Gasteiger partial charge in [0.2, 0.25) is 11.8 Å². The summed E-state index contributed by atoms with van der Waals surface area (Å²) in [6, 6.07) is 0. The molecule has 0 aliphatic rings. The molecule has 102 valence electrons. The minimum Gasteiger partial charge on any atom is -0.361 e. The minimum absolute atomic E-state index is 0.390. The highest BCUT2D eigenvalue weighted by atomic mass is 35.5. The fraction of sp³-hybridized carbons (Fsp3) is 0.455. The molecule has 2 aromatic rings. The first-order chi connectivity index (χ1) is 9.19. The van der Waals surface area contributed by atoms with Gasteiger partial charge in [0.1, 0.15) is 5.02 Å². The Hall–Kier alpha value is -1.89. The van der Waals surface area contributed by atoms with Gasteiger partial charge in [0.15, 0.2) is 11.6 Å². The summed E-state index contributed by atoms with van der Waals surface area (Å²) < 4.78 is 4.88. The maximum Gasteiger partial charge on any atom is 0.224 e. The molecule has 0 amide bonds. The third-order valence-corrected chi connectivity index (χ3v) is 2.54. The summed E-state index contributed by atoms with van der Waals surface area (Å²) in [5.41, 5.74) is 0. The number of rotatable bonds is 6. The monoisotopic (exact) mass is 282 g/mol. The van der Waals surface area contributed by atoms with Gasteiger partial charge in [-0.25, -0.2) is 4.98 Å². The number of aromatic nitrogens is 4. The van der Waals surface area contributed by atoms with Gasteiger partial charge in [-0.2, -0.15) is 9.97 Å². The number of hydrogen-bond acceptors (Lipinski definition) is 7. The largest absolute Gasteiger partial charge is 0.361 e. The van der Waals surface area contributed by atoms with Crippen molar-refractivity contribution in [3.8, 4) is 0 Å². The highest BCUT2D eigenvalue weighted by Crippen LogP contribution is 2.19. The molecule has 0 radical (unpaired) electrons. The van der Waals surface area contributed by atoms with E-state index in [-0.39, 0.29) is 0 Å². The normalized spacial score (nSPS) is 10.5. The highest BCUT2D eigenvalue weighted by molar-refractivity contribution is 6.32. The maximum absolute atomic E-state index is 6.02. The van der Waals surface area contributed by atoms with Gasteiger partial charge in [0, 0.05) is 13.5 Å². The molecule has 2 rings (SSSR count). The molecule has 0 bridgehead atoms. The van der Waals surface area contributed by atoms with Gasteiger partial charge < -0.3 is 15.2 Å². The van der Waals surface area contributed by atoms with E-state index in [2.05, 4.69) is 37.7 Å². The van der Waals surface area contributed by atoms with Crippen LogP contribution in [0.4, 0.5) is 11.8 Å². The van der Waals surface area contributed by atoms with Gasteiger partial charge in [-0.05, 0) is 6.42 Å². The van der Waals surface area contributed by atoms with Crippen molar-refractivity contribution in [3.63, 3.8) is 0 Å². The van der Waals surface area contributed by atoms with Gasteiger partial charge in [-0.3, -0.25) is 0 Å². The molecule has 0 unspecified atom stereocenters. The predicted octanol–water partition coefficient (Wildman–Crippen LogP) is 2.26. The van der Waals surface area contributed by atoms with Crippen LogP contribution in [0.2, 0.25) is 5.02 Å². The second-order valence-corrected chi connectivity index (χ2v) is 4.31. The van der Waals surface area contributed by atoms with Crippen LogP contribution in [0.15, 0.2) is 10.7 Å². The Bertz CT molecular complexity index is 544. The molecule has 0 spiro atoms. The molecule has 0 aromatic carbocycles. The van der Waals surface area contributed by atoms with Crippen LogP contribution in [-0.4, -0.2) is 26.7 Å². The van der Waals surface area contributed by atoms with Gasteiger partial charge in [-0.1, -0.05) is 23.7 Å². The number of nitrogens with zero attached hydrogens (tertiary/aromatic N) is 4. The molecule has 2 N–H and O–H groups in total. The lowest BCUT2D eigenvalue weighted by molar-refractivity contribution is 0.388. The van der Waals surface area contributed by atoms with Crippen LogP contribution < -0.4 is 10.6 Å². The van der Waals surface area contributed by atoms with E-state index in [1.165, 1.54) is 0 Å². The lowest BCUT2D eigenvalue weighted by Gasteiger charge is -2.08. The fourth-order valence-electron chi connectivity index (χ4n) is 1.39. The average molecular weight is 283 g/mol. The van der Waals surface area contributed by atoms with Crippen molar-refractivity contribution in [1.82, 2.24) is 20.1 Å². The van der Waals surface area contributed by atoms with Crippen LogP contribution in [0.1, 0.15) is 25.1 Å². The molecule has 7 nitrogen and oxygen atoms in total. The van der Waals surface area contributed by atoms with E-state index >= 15 is 0 Å². The Morgan fingerprint density at radius 3 is 2.84 bits per heavy atom. The van der Waals surface area contributed by atoms with Crippen LogP contribution in [0, 0.1) is 6.92 Å². The van der Waals surface area contributed by atoms with E-state index < -0.39 is 0 Å². The number of halogens is 1. The highest BCUT2D eigenvalue weighted by Gasteiger charge is 2.07. The molecule has 0 aliphatic carbocycles. The zero-order valence-corrected chi connectivity index (χ0v) is 11.5. The van der Waals surface area contributed by atoms with Gasteiger partial charge >= 0.3 is 0 Å². The van der Waals surface area contributed by atoms with Crippen molar-refractivity contribution in [2.45, 2.75) is 26.8 Å². The van der Waals surface area contributed by atoms with Crippen molar-refractivity contribution in [3.05, 3.63) is 22.9 Å². The molecule has 0 saturated carbocycles. The summed E-state index contributed by atoms with van der Waals surface area (Å²) >= 11 is 6.02. The summed E-state index contributed by atoms with van der Waals surface area (Å²) in [7, 11) is 0. The van der Waals surface area contributed by atoms with Gasteiger partial charge in [0.05, 0.1) is 12.7 Å². The average Bonchev–Trinajstić information content (AvgIpc) is 2.82. The quantitative estimate of drug-likeness (QED) is 0.840. The molecular formula is C11H15ClN6O. The molecule has 0 fully saturated rings. The van der Waals surface area contributed by atoms with Gasteiger partial charge in [-0.15, -0.1) is 0 Å². The van der Waals surface area contributed by atoms with Crippen molar-refractivity contribution < 1.29 is 4.52 Å². The number of nitrogens with one attached hydrogen (secondary N) is 2. The molecule has 19 heavy (non-hydrogen) atoms. The Kier molecular flexibility index (Phi) is 4.51. The first kappa shape index (κ1) is 13.5. The van der Waals surface area contributed by atoms with Crippen LogP contribution in [0.3, 0.4) is 0 Å². The van der Waals surface area contributed by atoms with Crippen molar-refractivity contribution in [1.29, 1.82) is 0 Å². The molecule has 0 atom stereocenters. The second-order valence-electron chi connectivity index (χ2n) is 3.90. The standard InChI is InChI=1S/C11H15ClN6O/c1-3-4-13-11-15-5-8(12)10(17-11)14-6-9-16-7(2)19-18-9/h5H,3-4,6H2,1-2H3,(H2,13,14,15,17). The Labute approximate surface area is 115 Å². The molecule has 8 heteroatoms. The van der Waals surface area contributed by atoms with E-state index in [1.54, 1.807) is 13.1 Å². The Morgan fingerprint density at radius 2 is 2.16 bits per heavy atom. The summed E-state index contributed by atoms with van der Waals surface area (Å²) in [4.78, 5) is 12.5. The first-order valence-corrected chi connectivity index (χ1v) is 6.36. The van der Waals surface area contributed by atoms with E-state index in [0.717, 1.165) is 13.0 Å². The lowest BCUT2D eigenvalue weighted by Crippen LogP contribution is -2.08. The fourth-order valence-corrected chi connectivity index (χ4v) is 1.55. The van der Waals surface area contributed by atoms with E-state index in [4.69, 9.17) is 16.1 Å². The van der Waals surface area contributed by atoms with Crippen molar-refractivity contribution in [2.24, 2.45) is 0 Å². The van der Waals surface area contributed by atoms with Crippen molar-refractivity contribution in [2.75, 3.05) is 17.2 Å². The van der Waals surface area contributed by atoms with E-state index in [1.807, 2.05) is 0 Å². The zero-order valence-electron chi connectivity index (χ0n) is 10.8. The second kappa shape index (κ2) is 6.33. The van der Waals surface area contributed by atoms with Crippen LogP contribution in [0.5, 0.6) is 0 Å². The molecular weight excluding hydrogens is 268 g/mol. The SMILES string of the molecule is CCCNc1ncc(Cl)c(NCc2noc(C)n2)n1. The molecule has 2 aromatic heterocycles. The Balaban J connectivity index is 2.02. The van der Waals surface area contributed by atoms with Crippen LogP contribution in [-0.2, 0) is 6.54 Å². The summed E-state index contributed by atoms with van der Waals surface area (Å²) in [5, 5.41) is 10.4. The van der Waals surface area contributed by atoms with Gasteiger partial charge in [0.25, 0.3) is 0 Å². The predicted molar refractivity (Wildman–Crippen MR) is 72.2 cm³/mol. The zero-order chi connectivity index (χ0) is 13.7. The number of aryl methyl sites for hydroxylation is 1. The minimum atomic E-state index is 0.390. The van der Waals surface area contributed by atoms with Crippen LogP contribution in [0.25, 0.3) is 0 Å². The molecule has 0 aliphatic heterocycles. The smallest absolute Gasteiger partial charge is 0.224 e. The summed E-state index contributed by atoms with van der Waals surface area (Å²) in [6.07, 6.45) is 2.55. The number of hydrogen-bond donors (Lipinski definition) is 2. The van der Waals surface area contributed by atoms with E-state index in [9.17, 15) is 0 Å². The lowest BCUT2D eigenvalue weighted by atomic mass is 10.5. The maximum atomic E-state index is 6.02. The van der Waals surface area contributed by atoms with Crippen LogP contribution >= 0.6 is 11.6 Å². The Morgan fingerprint density at radius 1 is 1.32 bits per heavy atom. The molecule has 2 heterocycles. The van der Waals surface area contributed by atoms with E-state index in [0.29, 0.717) is 35.0 Å². The summed E-state index contributed by atoms with van der Waals surface area (Å²) in [6.45, 7) is 5.01. The third-order valence-electron chi connectivity index (χ3n) is 2.26. The molecule has 0 saturated heterocycles. The van der Waals surface area contributed by atoms with Crippen molar-refractivity contribution >= 4 is 23.4 Å². The third kappa shape index (κ3) is 3.78. The summed E-state index contributed by atoms with van der Waals surface area (Å²) in [5.74, 6) is 2.15. The topological polar surface area (TPSA) is 88.8 Å². The number of anilines is 2. The first-order valence-electron chi connectivity index (χ1n) is 5.98.